The molecule has 0 aliphatic rings. The number of ether oxygens (including phenoxy) is 2. The highest BCUT2D eigenvalue weighted by Gasteiger charge is 2.27. The van der Waals surface area contributed by atoms with E-state index >= 15 is 0 Å². The third-order valence-corrected chi connectivity index (χ3v) is 2.05. The summed E-state index contributed by atoms with van der Waals surface area (Å²) in [4.78, 5) is 24.1. The van der Waals surface area contributed by atoms with E-state index in [1.807, 2.05) is 0 Å². The van der Waals surface area contributed by atoms with Crippen LogP contribution in [0.2, 0.25) is 0 Å². The monoisotopic (exact) mass is 297 g/mol. The second kappa shape index (κ2) is 9.35. The number of nitrogens with zero attached hydrogens (tertiary/aromatic N) is 1. The first-order valence-electron chi connectivity index (χ1n) is 5.99. The summed E-state index contributed by atoms with van der Waals surface area (Å²) < 4.78 is 44.5. The van der Waals surface area contributed by atoms with E-state index in [0.717, 1.165) is 4.90 Å². The van der Waals surface area contributed by atoms with Gasteiger partial charge in [0.15, 0.2) is 0 Å². The Hall–Kier alpha value is -1.57. The van der Waals surface area contributed by atoms with E-state index < -0.39 is 24.7 Å². The largest absolute Gasteiger partial charge is 0.465 e. The normalized spacial score (nSPS) is 11.0. The lowest BCUT2D eigenvalue weighted by Gasteiger charge is -2.20. The summed E-state index contributed by atoms with van der Waals surface area (Å²) in [5, 5.41) is 0. The van der Waals surface area contributed by atoms with Crippen LogP contribution < -0.4 is 0 Å². The van der Waals surface area contributed by atoms with Crippen molar-refractivity contribution in [2.75, 3.05) is 32.9 Å². The van der Waals surface area contributed by atoms with Gasteiger partial charge < -0.3 is 14.4 Å². The summed E-state index contributed by atoms with van der Waals surface area (Å²) in [7, 11) is 0. The highest BCUT2D eigenvalue weighted by molar-refractivity contribution is 5.82. The molecule has 8 heteroatoms. The van der Waals surface area contributed by atoms with Crippen LogP contribution in [0.4, 0.5) is 13.2 Å². The minimum absolute atomic E-state index is 0.108. The fourth-order valence-electron chi connectivity index (χ4n) is 1.28. The lowest BCUT2D eigenvalue weighted by atomic mass is 10.3. The summed E-state index contributed by atoms with van der Waals surface area (Å²) in [6, 6.07) is 0. The van der Waals surface area contributed by atoms with Crippen LogP contribution in [0.25, 0.3) is 0 Å². The molecule has 20 heavy (non-hydrogen) atoms. The maximum atomic E-state index is 11.8. The second-order valence-corrected chi connectivity index (χ2v) is 3.79. The molecule has 0 bridgehead atoms. The summed E-state index contributed by atoms with van der Waals surface area (Å²) in [6.07, 6.45) is -3.26. The van der Waals surface area contributed by atoms with Crippen LogP contribution in [0.15, 0.2) is 12.7 Å². The molecule has 0 atom stereocenters. The Morgan fingerprint density at radius 3 is 2.50 bits per heavy atom. The van der Waals surface area contributed by atoms with E-state index in [0.29, 0.717) is 0 Å². The van der Waals surface area contributed by atoms with Crippen LogP contribution in [0, 0.1) is 0 Å². The van der Waals surface area contributed by atoms with E-state index in [1.54, 1.807) is 6.92 Å². The van der Waals surface area contributed by atoms with Crippen LogP contribution in [0.5, 0.6) is 0 Å². The van der Waals surface area contributed by atoms with Crippen molar-refractivity contribution in [3.05, 3.63) is 12.7 Å². The molecule has 0 saturated carbocycles. The molecule has 0 aliphatic carbocycles. The molecule has 0 radical (unpaired) electrons. The van der Waals surface area contributed by atoms with E-state index in [1.165, 1.54) is 6.08 Å². The predicted molar refractivity (Wildman–Crippen MR) is 64.9 cm³/mol. The molecule has 0 aliphatic heterocycles. The third kappa shape index (κ3) is 9.37. The van der Waals surface area contributed by atoms with Crippen molar-refractivity contribution in [3.63, 3.8) is 0 Å². The molecule has 0 rings (SSSR count). The lowest BCUT2D eigenvalue weighted by Crippen LogP contribution is -2.37. The van der Waals surface area contributed by atoms with Gasteiger partial charge in [-0.3, -0.25) is 9.59 Å². The van der Waals surface area contributed by atoms with Crippen LogP contribution in [0.1, 0.15) is 13.3 Å². The Morgan fingerprint density at radius 1 is 1.35 bits per heavy atom. The van der Waals surface area contributed by atoms with Gasteiger partial charge in [-0.25, -0.2) is 0 Å². The Labute approximate surface area is 115 Å². The SMILES string of the molecule is C=CCN(CC(=O)OCC)C(=O)CCOCC(F)(F)F. The van der Waals surface area contributed by atoms with Gasteiger partial charge >= 0.3 is 12.1 Å². The fourth-order valence-corrected chi connectivity index (χ4v) is 1.28. The molecule has 0 N–H and O–H groups in total. The molecule has 5 nitrogen and oxygen atoms in total. The number of hydrogen-bond donors (Lipinski definition) is 0. The molecule has 0 heterocycles. The van der Waals surface area contributed by atoms with Crippen molar-refractivity contribution in [3.8, 4) is 0 Å². The molecule has 0 spiro atoms. The standard InChI is InChI=1S/C12H18F3NO4/c1-3-6-16(8-11(18)20-4-2)10(17)5-7-19-9-12(13,14)15/h3H,1,4-9H2,2H3. The van der Waals surface area contributed by atoms with E-state index in [9.17, 15) is 22.8 Å². The van der Waals surface area contributed by atoms with Gasteiger partial charge in [-0.2, -0.15) is 13.2 Å². The summed E-state index contributed by atoms with van der Waals surface area (Å²) >= 11 is 0. The molecular weight excluding hydrogens is 279 g/mol. The highest BCUT2D eigenvalue weighted by Crippen LogP contribution is 2.14. The van der Waals surface area contributed by atoms with Crippen molar-refractivity contribution >= 4 is 11.9 Å². The number of amides is 1. The molecular formula is C12H18F3NO4. The molecule has 0 aromatic heterocycles. The molecule has 0 saturated heterocycles. The van der Waals surface area contributed by atoms with Gasteiger partial charge in [0, 0.05) is 6.54 Å². The number of halogens is 3. The Balaban J connectivity index is 4.15. The number of carbonyl (C=O) groups excluding carboxylic acids is 2. The van der Waals surface area contributed by atoms with E-state index in [4.69, 9.17) is 4.74 Å². The van der Waals surface area contributed by atoms with Crippen LogP contribution in [0.3, 0.4) is 0 Å². The minimum atomic E-state index is -4.42. The summed E-state index contributed by atoms with van der Waals surface area (Å²) in [5.41, 5.74) is 0. The molecule has 0 unspecified atom stereocenters. The van der Waals surface area contributed by atoms with Gasteiger partial charge in [-0.15, -0.1) is 6.58 Å². The average Bonchev–Trinajstić information content (AvgIpc) is 2.33. The molecule has 0 aromatic rings. The Bertz CT molecular complexity index is 331. The first-order valence-corrected chi connectivity index (χ1v) is 5.99. The fraction of sp³-hybridized carbons (Fsp3) is 0.667. The number of alkyl halides is 3. The first kappa shape index (κ1) is 18.4. The van der Waals surface area contributed by atoms with Crippen molar-refractivity contribution in [1.82, 2.24) is 4.90 Å². The third-order valence-electron chi connectivity index (χ3n) is 2.05. The highest BCUT2D eigenvalue weighted by atomic mass is 19.4. The van der Waals surface area contributed by atoms with Gasteiger partial charge in [-0.1, -0.05) is 6.08 Å². The predicted octanol–water partition coefficient (Wildman–Crippen LogP) is 1.53. The van der Waals surface area contributed by atoms with Crippen LogP contribution in [-0.4, -0.2) is 55.9 Å². The maximum absolute atomic E-state index is 11.8. The Morgan fingerprint density at radius 2 is 2.00 bits per heavy atom. The smallest absolute Gasteiger partial charge is 0.411 e. The van der Waals surface area contributed by atoms with Gasteiger partial charge in [-0.05, 0) is 6.92 Å². The maximum Gasteiger partial charge on any atom is 0.411 e. The van der Waals surface area contributed by atoms with Crippen LogP contribution in [-0.2, 0) is 19.1 Å². The second-order valence-electron chi connectivity index (χ2n) is 3.79. The summed E-state index contributed by atoms with van der Waals surface area (Å²) in [6.45, 7) is 3.32. The zero-order chi connectivity index (χ0) is 15.6. The van der Waals surface area contributed by atoms with Crippen molar-refractivity contribution in [2.45, 2.75) is 19.5 Å². The van der Waals surface area contributed by atoms with Crippen molar-refractivity contribution in [2.24, 2.45) is 0 Å². The van der Waals surface area contributed by atoms with Crippen molar-refractivity contribution in [1.29, 1.82) is 0 Å². The quantitative estimate of drug-likeness (QED) is 0.368. The van der Waals surface area contributed by atoms with E-state index in [-0.39, 0.29) is 32.7 Å². The minimum Gasteiger partial charge on any atom is -0.465 e. The van der Waals surface area contributed by atoms with Gasteiger partial charge in [0.1, 0.15) is 13.2 Å². The molecule has 1 amide bonds. The molecule has 116 valence electrons. The number of carbonyl (C=O) groups is 2. The first-order chi connectivity index (χ1) is 9.30. The molecule has 0 fully saturated rings. The topological polar surface area (TPSA) is 55.8 Å². The van der Waals surface area contributed by atoms with E-state index in [2.05, 4.69) is 11.3 Å². The summed E-state index contributed by atoms with van der Waals surface area (Å²) in [5.74, 6) is -1.08. The van der Waals surface area contributed by atoms with Gasteiger partial charge in [0.05, 0.1) is 19.6 Å². The Kier molecular flexibility index (Phi) is 8.62. The van der Waals surface area contributed by atoms with Gasteiger partial charge in [0.2, 0.25) is 5.91 Å². The number of rotatable bonds is 9. The van der Waals surface area contributed by atoms with Crippen LogP contribution >= 0.6 is 0 Å². The van der Waals surface area contributed by atoms with Crippen molar-refractivity contribution < 1.29 is 32.2 Å². The average molecular weight is 297 g/mol. The lowest BCUT2D eigenvalue weighted by molar-refractivity contribution is -0.175. The number of hydrogen-bond acceptors (Lipinski definition) is 4. The number of esters is 1. The zero-order valence-corrected chi connectivity index (χ0v) is 11.2. The zero-order valence-electron chi connectivity index (χ0n) is 11.2. The molecule has 0 aromatic carbocycles. The van der Waals surface area contributed by atoms with Gasteiger partial charge in [0.25, 0.3) is 0 Å².